The van der Waals surface area contributed by atoms with Gasteiger partial charge in [-0.2, -0.15) is 0 Å². The number of likely N-dealkylation sites (tertiary alicyclic amines) is 1. The monoisotopic (exact) mass is 293 g/mol. The van der Waals surface area contributed by atoms with Crippen molar-refractivity contribution in [1.29, 1.82) is 0 Å². The van der Waals surface area contributed by atoms with Crippen molar-refractivity contribution >= 4 is 5.78 Å². The van der Waals surface area contributed by atoms with Crippen molar-refractivity contribution in [2.24, 2.45) is 0 Å². The number of hydrogen-bond donors (Lipinski definition) is 2. The third kappa shape index (κ3) is 3.74. The molecule has 1 saturated heterocycles. The predicted octanol–water partition coefficient (Wildman–Crippen LogP) is 1.82. The van der Waals surface area contributed by atoms with Crippen LogP contribution in [-0.2, 0) is 0 Å². The van der Waals surface area contributed by atoms with Gasteiger partial charge in [0.2, 0.25) is 0 Å². The first-order valence-corrected chi connectivity index (χ1v) is 7.36. The van der Waals surface area contributed by atoms with Gasteiger partial charge in [-0.1, -0.05) is 0 Å². The highest BCUT2D eigenvalue weighted by Crippen LogP contribution is 2.28. The lowest BCUT2D eigenvalue weighted by Gasteiger charge is -2.27. The zero-order valence-corrected chi connectivity index (χ0v) is 12.6. The van der Waals surface area contributed by atoms with Gasteiger partial charge in [0.1, 0.15) is 0 Å². The second-order valence-electron chi connectivity index (χ2n) is 5.59. The third-order valence-electron chi connectivity index (χ3n) is 3.91. The molecule has 5 nitrogen and oxygen atoms in total. The molecule has 2 atom stereocenters. The van der Waals surface area contributed by atoms with E-state index in [0.717, 1.165) is 25.9 Å². The van der Waals surface area contributed by atoms with Crippen LogP contribution in [0.5, 0.6) is 11.5 Å². The van der Waals surface area contributed by atoms with E-state index in [1.807, 2.05) is 0 Å². The molecule has 1 aromatic carbocycles. The Balaban J connectivity index is 2.24. The van der Waals surface area contributed by atoms with Crippen LogP contribution in [0, 0.1) is 0 Å². The minimum Gasteiger partial charge on any atom is -0.504 e. The fourth-order valence-electron chi connectivity index (χ4n) is 2.82. The van der Waals surface area contributed by atoms with Gasteiger partial charge in [0.15, 0.2) is 17.3 Å². The molecule has 5 heteroatoms. The number of ether oxygens (including phenoxy) is 1. The van der Waals surface area contributed by atoms with E-state index in [9.17, 15) is 15.0 Å². The molecule has 1 aromatic rings. The van der Waals surface area contributed by atoms with Gasteiger partial charge in [-0.15, -0.1) is 0 Å². The van der Waals surface area contributed by atoms with Gasteiger partial charge in [0.25, 0.3) is 0 Å². The number of benzene rings is 1. The van der Waals surface area contributed by atoms with Crippen LogP contribution < -0.4 is 4.74 Å². The average Bonchev–Trinajstić information content (AvgIpc) is 2.98. The number of aliphatic hydroxyl groups is 1. The molecule has 116 valence electrons. The minimum atomic E-state index is -0.529. The van der Waals surface area contributed by atoms with Crippen LogP contribution in [-0.4, -0.2) is 53.2 Å². The highest BCUT2D eigenvalue weighted by Gasteiger charge is 2.30. The highest BCUT2D eigenvalue weighted by atomic mass is 16.5. The fraction of sp³-hybridized carbons (Fsp3) is 0.562. The zero-order chi connectivity index (χ0) is 15.4. The molecule has 1 heterocycles. The van der Waals surface area contributed by atoms with Crippen molar-refractivity contribution in [2.75, 3.05) is 20.2 Å². The normalized spacial score (nSPS) is 18.4. The number of aliphatic hydroxyl groups excluding tert-OH is 1. The Hall–Kier alpha value is -1.59. The molecular formula is C16H23NO4. The van der Waals surface area contributed by atoms with Crippen molar-refractivity contribution in [3.63, 3.8) is 0 Å². The number of phenols is 1. The molecule has 2 N–H and O–H groups in total. The summed E-state index contributed by atoms with van der Waals surface area (Å²) in [5.41, 5.74) is 0.502. The molecule has 0 amide bonds. The number of hydrogen-bond acceptors (Lipinski definition) is 5. The van der Waals surface area contributed by atoms with Gasteiger partial charge >= 0.3 is 0 Å². The van der Waals surface area contributed by atoms with Crippen molar-refractivity contribution in [3.05, 3.63) is 23.8 Å². The number of ketones is 1. The molecule has 0 spiro atoms. The molecule has 1 fully saturated rings. The second-order valence-corrected chi connectivity index (χ2v) is 5.59. The molecule has 21 heavy (non-hydrogen) atoms. The van der Waals surface area contributed by atoms with E-state index in [-0.39, 0.29) is 23.3 Å². The SMILES string of the molecule is COc1cc(C(=O)C(CC(C)O)N2CCCC2)ccc1O. The topological polar surface area (TPSA) is 70.0 Å². The molecule has 1 aliphatic heterocycles. The van der Waals surface area contributed by atoms with Crippen LogP contribution in [0.4, 0.5) is 0 Å². The number of Topliss-reactive ketones (excluding diaryl/α,β-unsaturated/α-hetero) is 1. The summed E-state index contributed by atoms with van der Waals surface area (Å²) in [7, 11) is 1.46. The lowest BCUT2D eigenvalue weighted by Crippen LogP contribution is -2.41. The van der Waals surface area contributed by atoms with Crippen molar-refractivity contribution in [1.82, 2.24) is 4.90 Å². The summed E-state index contributed by atoms with van der Waals surface area (Å²) < 4.78 is 5.06. The molecule has 1 aliphatic rings. The van der Waals surface area contributed by atoms with Crippen LogP contribution in [0.1, 0.15) is 36.5 Å². The number of phenolic OH excluding ortho intramolecular Hbond substituents is 1. The van der Waals surface area contributed by atoms with Gasteiger partial charge in [-0.3, -0.25) is 9.69 Å². The zero-order valence-electron chi connectivity index (χ0n) is 12.6. The van der Waals surface area contributed by atoms with Crippen molar-refractivity contribution < 1.29 is 19.7 Å². The van der Waals surface area contributed by atoms with E-state index < -0.39 is 6.10 Å². The molecule has 0 aromatic heterocycles. The van der Waals surface area contributed by atoms with Crippen LogP contribution >= 0.6 is 0 Å². The molecule has 0 aliphatic carbocycles. The Morgan fingerprint density at radius 2 is 2.05 bits per heavy atom. The molecule has 2 unspecified atom stereocenters. The number of nitrogens with zero attached hydrogens (tertiary/aromatic N) is 1. The smallest absolute Gasteiger partial charge is 0.180 e. The maximum atomic E-state index is 12.8. The Labute approximate surface area is 125 Å². The summed E-state index contributed by atoms with van der Waals surface area (Å²) in [6, 6.07) is 4.31. The summed E-state index contributed by atoms with van der Waals surface area (Å²) in [6.07, 6.45) is 2.06. The first-order valence-electron chi connectivity index (χ1n) is 7.36. The van der Waals surface area contributed by atoms with E-state index in [1.165, 1.54) is 13.2 Å². The number of carbonyl (C=O) groups excluding carboxylic acids is 1. The third-order valence-corrected chi connectivity index (χ3v) is 3.91. The van der Waals surface area contributed by atoms with Crippen molar-refractivity contribution in [2.45, 2.75) is 38.3 Å². The first kappa shape index (κ1) is 15.8. The van der Waals surface area contributed by atoms with Gasteiger partial charge in [-0.05, 0) is 57.5 Å². The summed E-state index contributed by atoms with van der Waals surface area (Å²) in [5.74, 6) is 0.275. The van der Waals surface area contributed by atoms with E-state index in [2.05, 4.69) is 4.90 Å². The summed E-state index contributed by atoms with van der Waals surface area (Å²) >= 11 is 0. The first-order chi connectivity index (χ1) is 10.0. The van der Waals surface area contributed by atoms with E-state index in [4.69, 9.17) is 4.74 Å². The molecule has 0 saturated carbocycles. The maximum absolute atomic E-state index is 12.8. The largest absolute Gasteiger partial charge is 0.504 e. The number of aromatic hydroxyl groups is 1. The van der Waals surface area contributed by atoms with Gasteiger partial charge in [0, 0.05) is 5.56 Å². The fourth-order valence-corrected chi connectivity index (χ4v) is 2.82. The minimum absolute atomic E-state index is 0.0160. The van der Waals surface area contributed by atoms with Gasteiger partial charge < -0.3 is 14.9 Å². The van der Waals surface area contributed by atoms with Crippen LogP contribution in [0.25, 0.3) is 0 Å². The van der Waals surface area contributed by atoms with Crippen LogP contribution in [0.2, 0.25) is 0 Å². The summed E-state index contributed by atoms with van der Waals surface area (Å²) in [4.78, 5) is 14.9. The number of methoxy groups -OCH3 is 1. The van der Waals surface area contributed by atoms with E-state index >= 15 is 0 Å². The highest BCUT2D eigenvalue weighted by molar-refractivity contribution is 6.00. The Kier molecular flexibility index (Phi) is 5.20. The van der Waals surface area contributed by atoms with E-state index in [1.54, 1.807) is 19.1 Å². The van der Waals surface area contributed by atoms with E-state index in [0.29, 0.717) is 12.0 Å². The Bertz CT molecular complexity index is 495. The predicted molar refractivity (Wildman–Crippen MR) is 79.9 cm³/mol. The van der Waals surface area contributed by atoms with Crippen LogP contribution in [0.3, 0.4) is 0 Å². The quantitative estimate of drug-likeness (QED) is 0.783. The van der Waals surface area contributed by atoms with Gasteiger partial charge in [-0.25, -0.2) is 0 Å². The molecular weight excluding hydrogens is 270 g/mol. The average molecular weight is 293 g/mol. The lowest BCUT2D eigenvalue weighted by molar-refractivity contribution is 0.0741. The molecule has 0 radical (unpaired) electrons. The van der Waals surface area contributed by atoms with Crippen LogP contribution in [0.15, 0.2) is 18.2 Å². The number of carbonyl (C=O) groups is 1. The standard InChI is InChI=1S/C16H23NO4/c1-11(18)9-13(17-7-3-4-8-17)16(20)12-5-6-14(19)15(10-12)21-2/h5-6,10-11,13,18-19H,3-4,7-9H2,1-2H3. The van der Waals surface area contributed by atoms with Crippen molar-refractivity contribution in [3.8, 4) is 11.5 Å². The second kappa shape index (κ2) is 6.91. The molecule has 0 bridgehead atoms. The lowest BCUT2D eigenvalue weighted by atomic mass is 9.98. The van der Waals surface area contributed by atoms with Gasteiger partial charge in [0.05, 0.1) is 19.3 Å². The molecule has 2 rings (SSSR count). The summed E-state index contributed by atoms with van der Waals surface area (Å²) in [6.45, 7) is 3.48. The number of rotatable bonds is 6. The Morgan fingerprint density at radius 3 is 2.62 bits per heavy atom. The Morgan fingerprint density at radius 1 is 1.38 bits per heavy atom. The summed E-state index contributed by atoms with van der Waals surface area (Å²) in [5, 5.41) is 19.3. The maximum Gasteiger partial charge on any atom is 0.180 e.